The lowest BCUT2D eigenvalue weighted by Gasteiger charge is -2.53. The quantitative estimate of drug-likeness (QED) is 0.153. The molecule has 0 N–H and O–H groups in total. The number of para-hydroxylation sites is 2. The molecular weight excluding hydrogens is 921 g/mol. The second kappa shape index (κ2) is 16.1. The maximum absolute atomic E-state index is 2.62. The van der Waals surface area contributed by atoms with Gasteiger partial charge in [-0.15, -0.1) is 22.7 Å². The minimum atomic E-state index is -0.451. The smallest absolute Gasteiger partial charge is 0.0543 e. The Morgan fingerprint density at radius 3 is 1.26 bits per heavy atom. The van der Waals surface area contributed by atoms with E-state index in [1.54, 1.807) is 0 Å². The van der Waals surface area contributed by atoms with Crippen LogP contribution in [-0.4, -0.2) is 0 Å². The molecule has 1 aliphatic carbocycles. The van der Waals surface area contributed by atoms with Crippen molar-refractivity contribution in [1.82, 2.24) is 0 Å². The predicted octanol–water partition coefficient (Wildman–Crippen LogP) is 21.2. The van der Waals surface area contributed by atoms with Gasteiger partial charge in [-0.05, 0) is 151 Å². The van der Waals surface area contributed by atoms with Crippen molar-refractivity contribution in [2.45, 2.75) is 47.0 Å². The van der Waals surface area contributed by atoms with Crippen molar-refractivity contribution in [3.8, 4) is 11.1 Å². The third kappa shape index (κ3) is 6.40. The average Bonchev–Trinajstić information content (AvgIpc) is 4.10. The first-order chi connectivity index (χ1) is 35.5. The van der Waals surface area contributed by atoms with Gasteiger partial charge in [-0.2, -0.15) is 0 Å². The van der Waals surface area contributed by atoms with Gasteiger partial charge in [0.05, 0.1) is 5.69 Å². The Bertz CT molecular complexity index is 4340. The third-order valence-electron chi connectivity index (χ3n) is 16.1. The van der Waals surface area contributed by atoms with E-state index in [1.165, 1.54) is 101 Å². The maximum atomic E-state index is 2.62. The number of thiophene rings is 2. The topological polar surface area (TPSA) is 6.48 Å². The maximum Gasteiger partial charge on any atom is 0.0543 e. The molecule has 0 spiro atoms. The lowest BCUT2D eigenvalue weighted by molar-refractivity contribution is 0.0965. The van der Waals surface area contributed by atoms with Crippen molar-refractivity contribution in [3.63, 3.8) is 0 Å². The van der Waals surface area contributed by atoms with Gasteiger partial charge in [-0.25, -0.2) is 0 Å². The molecule has 0 saturated carbocycles. The highest BCUT2D eigenvalue weighted by Gasteiger charge is 2.59. The first-order valence-electron chi connectivity index (χ1n) is 25.6. The highest BCUT2D eigenvalue weighted by Crippen LogP contribution is 2.69. The van der Waals surface area contributed by atoms with Crippen LogP contribution < -0.4 is 9.80 Å². The second-order valence-corrected chi connectivity index (χ2v) is 24.2. The van der Waals surface area contributed by atoms with E-state index in [1.807, 2.05) is 22.7 Å². The molecule has 0 aliphatic heterocycles. The summed E-state index contributed by atoms with van der Waals surface area (Å²) in [6, 6.07) is 82.1. The molecule has 2 nitrogen and oxygen atoms in total. The Balaban J connectivity index is 1.07. The van der Waals surface area contributed by atoms with Crippen molar-refractivity contribution in [3.05, 3.63) is 230 Å². The average molecular weight is 975 g/mol. The van der Waals surface area contributed by atoms with E-state index in [4.69, 9.17) is 0 Å². The molecule has 13 aromatic rings. The van der Waals surface area contributed by atoms with E-state index < -0.39 is 5.41 Å². The van der Waals surface area contributed by atoms with Crippen LogP contribution in [0.2, 0.25) is 0 Å². The Morgan fingerprint density at radius 1 is 0.301 bits per heavy atom. The zero-order chi connectivity index (χ0) is 49.4. The van der Waals surface area contributed by atoms with Gasteiger partial charge in [-0.1, -0.05) is 169 Å². The number of nitrogens with zero attached hydrogens (tertiary/aromatic N) is 2. The monoisotopic (exact) mass is 974 g/mol. The summed E-state index contributed by atoms with van der Waals surface area (Å²) in [5, 5.41) is 12.8. The standard InChI is InChI=1S/C69H54N2S2/c1-67(2,3)69(68(4,5)6)58-42-59(71(44-23-11-8-12-24-44)47-35-38-63-57(41-47)51-28-18-20-32-61(51)73-63)49-26-14-16-30-53(49)64(58)65-52-29-15-13-25-48(52)55-39-45(33-36-54(55)66(65)69)70(43-21-9-7-10-22-43)46-34-37-62-56(40-46)50-27-17-19-31-60(50)72-62/h7-42H,1-6H3. The fraction of sp³-hybridized carbons (Fsp3) is 0.130. The highest BCUT2D eigenvalue weighted by molar-refractivity contribution is 7.26. The Labute approximate surface area is 435 Å². The van der Waals surface area contributed by atoms with Crippen LogP contribution in [0.3, 0.4) is 0 Å². The SMILES string of the molecule is CC(C)(C)C1(C(C)(C)C)c2cc(N(c3ccccc3)c3ccc4sc5ccccc5c4c3)c3ccccc3c2-c2c1c1ccc(N(c3ccccc3)c3ccc4sc5ccccc5c4c3)cc1c1ccccc21. The molecule has 0 fully saturated rings. The van der Waals surface area contributed by atoms with Gasteiger partial charge < -0.3 is 9.80 Å². The van der Waals surface area contributed by atoms with E-state index in [9.17, 15) is 0 Å². The summed E-state index contributed by atoms with van der Waals surface area (Å²) in [6.45, 7) is 15.0. The van der Waals surface area contributed by atoms with Crippen LogP contribution in [0.1, 0.15) is 52.7 Å². The first-order valence-corrected chi connectivity index (χ1v) is 27.2. The molecule has 14 rings (SSSR count). The molecule has 0 bridgehead atoms. The van der Waals surface area contributed by atoms with Crippen LogP contribution in [-0.2, 0) is 5.41 Å². The molecule has 1 aliphatic rings. The summed E-state index contributed by atoms with van der Waals surface area (Å²) < 4.78 is 5.24. The Kier molecular flexibility index (Phi) is 9.71. The number of benzene rings is 11. The molecular formula is C69H54N2S2. The van der Waals surface area contributed by atoms with Crippen molar-refractivity contribution in [2.24, 2.45) is 10.8 Å². The van der Waals surface area contributed by atoms with Gasteiger partial charge in [0.2, 0.25) is 0 Å². The van der Waals surface area contributed by atoms with E-state index in [0.717, 1.165) is 28.4 Å². The van der Waals surface area contributed by atoms with Gasteiger partial charge in [0.25, 0.3) is 0 Å². The minimum absolute atomic E-state index is 0.236. The van der Waals surface area contributed by atoms with Gasteiger partial charge in [-0.3, -0.25) is 0 Å². The first kappa shape index (κ1) is 44.0. The van der Waals surface area contributed by atoms with Crippen LogP contribution >= 0.6 is 22.7 Å². The molecule has 0 radical (unpaired) electrons. The van der Waals surface area contributed by atoms with Gasteiger partial charge in [0.15, 0.2) is 0 Å². The van der Waals surface area contributed by atoms with Crippen LogP contribution in [0.25, 0.3) is 83.8 Å². The number of hydrogen-bond acceptors (Lipinski definition) is 4. The fourth-order valence-corrected chi connectivity index (χ4v) is 15.8. The van der Waals surface area contributed by atoms with Crippen LogP contribution in [0.4, 0.5) is 34.1 Å². The molecule has 73 heavy (non-hydrogen) atoms. The Hall–Kier alpha value is -7.76. The van der Waals surface area contributed by atoms with Gasteiger partial charge in [0, 0.05) is 79.6 Å². The largest absolute Gasteiger partial charge is 0.310 e. The van der Waals surface area contributed by atoms with Crippen LogP contribution in [0, 0.1) is 10.8 Å². The summed E-state index contributed by atoms with van der Waals surface area (Å²) in [5.74, 6) is 0. The van der Waals surface area contributed by atoms with Crippen LogP contribution in [0.15, 0.2) is 218 Å². The summed E-state index contributed by atoms with van der Waals surface area (Å²) in [4.78, 5) is 4.99. The summed E-state index contributed by atoms with van der Waals surface area (Å²) >= 11 is 3.74. The van der Waals surface area contributed by atoms with Crippen molar-refractivity contribution < 1.29 is 0 Å². The molecule has 352 valence electrons. The van der Waals surface area contributed by atoms with Crippen LogP contribution in [0.5, 0.6) is 0 Å². The highest BCUT2D eigenvalue weighted by atomic mass is 32.1. The second-order valence-electron chi connectivity index (χ2n) is 22.0. The lowest BCUT2D eigenvalue weighted by atomic mass is 9.49. The zero-order valence-corrected chi connectivity index (χ0v) is 43.6. The zero-order valence-electron chi connectivity index (χ0n) is 42.0. The number of fused-ring (bicyclic) bond motifs is 16. The normalized spacial score (nSPS) is 13.5. The predicted molar refractivity (Wildman–Crippen MR) is 319 cm³/mol. The summed E-state index contributed by atoms with van der Waals surface area (Å²) in [5.41, 5.74) is 11.5. The molecule has 0 saturated heterocycles. The molecule has 4 heteroatoms. The number of rotatable bonds is 6. The van der Waals surface area contributed by atoms with E-state index in [2.05, 4.69) is 270 Å². The van der Waals surface area contributed by atoms with E-state index in [0.29, 0.717) is 0 Å². The third-order valence-corrected chi connectivity index (χ3v) is 18.4. The van der Waals surface area contributed by atoms with Crippen molar-refractivity contribution in [1.29, 1.82) is 0 Å². The molecule has 0 amide bonds. The van der Waals surface area contributed by atoms with Gasteiger partial charge >= 0.3 is 0 Å². The number of anilines is 6. The molecule has 11 aromatic carbocycles. The van der Waals surface area contributed by atoms with E-state index >= 15 is 0 Å². The summed E-state index contributed by atoms with van der Waals surface area (Å²) in [7, 11) is 0. The summed E-state index contributed by atoms with van der Waals surface area (Å²) in [6.07, 6.45) is 0. The fourth-order valence-electron chi connectivity index (χ4n) is 13.6. The van der Waals surface area contributed by atoms with Crippen molar-refractivity contribution >= 4 is 129 Å². The van der Waals surface area contributed by atoms with Gasteiger partial charge in [0.1, 0.15) is 0 Å². The molecule has 2 heterocycles. The lowest BCUT2D eigenvalue weighted by Crippen LogP contribution is -2.50. The van der Waals surface area contributed by atoms with Crippen molar-refractivity contribution in [2.75, 3.05) is 9.80 Å². The Morgan fingerprint density at radius 2 is 0.712 bits per heavy atom. The molecule has 2 aromatic heterocycles. The van der Waals surface area contributed by atoms with E-state index in [-0.39, 0.29) is 10.8 Å². The minimum Gasteiger partial charge on any atom is -0.310 e. The number of hydrogen-bond donors (Lipinski definition) is 0. The molecule has 0 unspecified atom stereocenters. The molecule has 0 atom stereocenters.